The van der Waals surface area contributed by atoms with Crippen molar-refractivity contribution >= 4 is 67.1 Å². The lowest BCUT2D eigenvalue weighted by molar-refractivity contribution is 0.0391. The van der Waals surface area contributed by atoms with Gasteiger partial charge in [-0.25, -0.2) is 4.98 Å². The molecule has 9 heteroatoms. The maximum absolute atomic E-state index is 13.2. The minimum absolute atomic E-state index is 0.0876. The Balaban J connectivity index is 1.63. The summed E-state index contributed by atoms with van der Waals surface area (Å²) in [6.07, 6.45) is 0. The average Bonchev–Trinajstić information content (AvgIpc) is 3.30. The number of amides is 1. The zero-order valence-corrected chi connectivity index (χ0v) is 17.5. The first-order valence-corrected chi connectivity index (χ1v) is 10.9. The molecule has 1 saturated heterocycles. The van der Waals surface area contributed by atoms with Crippen molar-refractivity contribution in [3.05, 3.63) is 44.6 Å². The second-order valence-corrected chi connectivity index (χ2v) is 9.23. The van der Waals surface area contributed by atoms with Crippen molar-refractivity contribution in [2.24, 2.45) is 0 Å². The molecule has 3 aromatic rings. The lowest BCUT2D eigenvalue weighted by Gasteiger charge is -2.29. The van der Waals surface area contributed by atoms with Crippen molar-refractivity contribution in [1.29, 1.82) is 0 Å². The maximum atomic E-state index is 13.2. The van der Waals surface area contributed by atoms with Crippen molar-refractivity contribution in [2.45, 2.75) is 0 Å². The number of benzene rings is 1. The van der Waals surface area contributed by atoms with Crippen LogP contribution in [0.4, 0.5) is 5.13 Å². The fourth-order valence-corrected chi connectivity index (χ4v) is 5.21. The Morgan fingerprint density at radius 1 is 1.19 bits per heavy atom. The van der Waals surface area contributed by atoms with E-state index in [1.54, 1.807) is 17.0 Å². The molecule has 1 amide bonds. The minimum atomic E-state index is -0.0876. The van der Waals surface area contributed by atoms with E-state index in [1.165, 1.54) is 22.7 Å². The van der Waals surface area contributed by atoms with Crippen LogP contribution in [0.3, 0.4) is 0 Å². The van der Waals surface area contributed by atoms with E-state index in [-0.39, 0.29) is 5.91 Å². The first kappa shape index (κ1) is 19.1. The van der Waals surface area contributed by atoms with Crippen molar-refractivity contribution in [3.8, 4) is 0 Å². The van der Waals surface area contributed by atoms with Gasteiger partial charge in [0, 0.05) is 26.2 Å². The number of ether oxygens (including phenoxy) is 1. The standard InChI is InChI=1S/C18H17Cl2N3O2S2/c19-12-2-1-3-13-16(12)21-18(27-13)23(7-6-22-8-10-25-11-9-22)17(24)14-4-5-15(20)26-14/h1-5H,6-11H2. The molecule has 1 aromatic carbocycles. The van der Waals surface area contributed by atoms with Gasteiger partial charge in [0.2, 0.25) is 0 Å². The van der Waals surface area contributed by atoms with Crippen molar-refractivity contribution < 1.29 is 9.53 Å². The summed E-state index contributed by atoms with van der Waals surface area (Å²) in [5.41, 5.74) is 0.729. The zero-order valence-electron chi connectivity index (χ0n) is 14.4. The fraction of sp³-hybridized carbons (Fsp3) is 0.333. The number of nitrogens with zero attached hydrogens (tertiary/aromatic N) is 3. The molecule has 0 saturated carbocycles. The number of hydrogen-bond donors (Lipinski definition) is 0. The van der Waals surface area contributed by atoms with Crippen LogP contribution in [-0.2, 0) is 4.74 Å². The highest BCUT2D eigenvalue weighted by molar-refractivity contribution is 7.22. The third-order valence-corrected chi connectivity index (χ3v) is 6.93. The van der Waals surface area contributed by atoms with Crippen LogP contribution in [0.2, 0.25) is 9.36 Å². The summed E-state index contributed by atoms with van der Waals surface area (Å²) in [7, 11) is 0. The van der Waals surface area contributed by atoms with Crippen LogP contribution in [-0.4, -0.2) is 55.2 Å². The van der Waals surface area contributed by atoms with Gasteiger partial charge in [-0.2, -0.15) is 0 Å². The third-order valence-electron chi connectivity index (χ3n) is 4.36. The van der Waals surface area contributed by atoms with Gasteiger partial charge in [0.15, 0.2) is 5.13 Å². The summed E-state index contributed by atoms with van der Waals surface area (Å²) in [4.78, 5) is 22.4. The molecule has 0 N–H and O–H groups in total. The molecule has 5 nitrogen and oxygen atoms in total. The van der Waals surface area contributed by atoms with Gasteiger partial charge >= 0.3 is 0 Å². The van der Waals surface area contributed by atoms with E-state index in [2.05, 4.69) is 9.88 Å². The summed E-state index contributed by atoms with van der Waals surface area (Å²) in [6, 6.07) is 9.18. The summed E-state index contributed by atoms with van der Waals surface area (Å²) in [5.74, 6) is -0.0876. The van der Waals surface area contributed by atoms with Crippen LogP contribution in [0.15, 0.2) is 30.3 Å². The van der Waals surface area contributed by atoms with E-state index in [0.717, 1.165) is 43.1 Å². The van der Waals surface area contributed by atoms with Crippen LogP contribution in [0.25, 0.3) is 10.2 Å². The molecule has 1 fully saturated rings. The summed E-state index contributed by atoms with van der Waals surface area (Å²) >= 11 is 15.1. The van der Waals surface area contributed by atoms with Gasteiger partial charge in [-0.1, -0.05) is 40.6 Å². The summed E-state index contributed by atoms with van der Waals surface area (Å²) in [6.45, 7) is 4.51. The van der Waals surface area contributed by atoms with Crippen molar-refractivity contribution in [3.63, 3.8) is 0 Å². The Kier molecular flexibility index (Phi) is 5.96. The molecule has 0 aliphatic carbocycles. The Morgan fingerprint density at radius 3 is 2.70 bits per heavy atom. The molecule has 0 spiro atoms. The zero-order chi connectivity index (χ0) is 18.8. The molecule has 0 bridgehead atoms. The molecule has 0 unspecified atom stereocenters. The largest absolute Gasteiger partial charge is 0.379 e. The van der Waals surface area contributed by atoms with Gasteiger partial charge in [-0.3, -0.25) is 14.6 Å². The number of aromatic nitrogens is 1. The number of halogens is 2. The predicted octanol–water partition coefficient (Wildman–Crippen LogP) is 4.64. The molecule has 3 heterocycles. The fourth-order valence-electron chi connectivity index (χ4n) is 2.93. The Morgan fingerprint density at radius 2 is 2.00 bits per heavy atom. The highest BCUT2D eigenvalue weighted by atomic mass is 35.5. The molecule has 1 aliphatic rings. The number of rotatable bonds is 5. The third kappa shape index (κ3) is 4.29. The van der Waals surface area contributed by atoms with Gasteiger partial charge in [0.1, 0.15) is 5.52 Å². The molecule has 1 aliphatic heterocycles. The van der Waals surface area contributed by atoms with E-state index in [1.807, 2.05) is 18.2 Å². The number of morpholine rings is 1. The summed E-state index contributed by atoms with van der Waals surface area (Å²) in [5, 5.41) is 1.25. The Bertz CT molecular complexity index is 953. The molecule has 27 heavy (non-hydrogen) atoms. The Labute approximate surface area is 175 Å². The molecule has 142 valence electrons. The molecular formula is C18H17Cl2N3O2S2. The Hall–Kier alpha value is -1.22. The van der Waals surface area contributed by atoms with Gasteiger partial charge in [0.25, 0.3) is 5.91 Å². The first-order valence-electron chi connectivity index (χ1n) is 8.54. The van der Waals surface area contributed by atoms with E-state index in [0.29, 0.717) is 25.9 Å². The van der Waals surface area contributed by atoms with Crippen LogP contribution in [0.1, 0.15) is 9.67 Å². The normalized spacial score (nSPS) is 15.3. The van der Waals surface area contributed by atoms with Gasteiger partial charge < -0.3 is 4.74 Å². The predicted molar refractivity (Wildman–Crippen MR) is 113 cm³/mol. The van der Waals surface area contributed by atoms with Gasteiger partial charge in [0.05, 0.1) is 32.1 Å². The van der Waals surface area contributed by atoms with E-state index < -0.39 is 0 Å². The molecular weight excluding hydrogens is 425 g/mol. The topological polar surface area (TPSA) is 45.7 Å². The van der Waals surface area contributed by atoms with Crippen LogP contribution in [0, 0.1) is 0 Å². The van der Waals surface area contributed by atoms with E-state index in [4.69, 9.17) is 27.9 Å². The molecule has 2 aromatic heterocycles. The molecule has 4 rings (SSSR count). The van der Waals surface area contributed by atoms with Crippen molar-refractivity contribution in [1.82, 2.24) is 9.88 Å². The van der Waals surface area contributed by atoms with Crippen LogP contribution >= 0.6 is 45.9 Å². The number of thiazole rings is 1. The van der Waals surface area contributed by atoms with E-state index in [9.17, 15) is 4.79 Å². The molecule has 0 radical (unpaired) electrons. The highest BCUT2D eigenvalue weighted by Gasteiger charge is 2.24. The monoisotopic (exact) mass is 441 g/mol. The van der Waals surface area contributed by atoms with Gasteiger partial charge in [-0.15, -0.1) is 11.3 Å². The first-order chi connectivity index (χ1) is 13.1. The number of anilines is 1. The lowest BCUT2D eigenvalue weighted by atomic mass is 10.3. The second-order valence-electron chi connectivity index (χ2n) is 6.10. The second kappa shape index (κ2) is 8.43. The molecule has 0 atom stereocenters. The lowest BCUT2D eigenvalue weighted by Crippen LogP contribution is -2.43. The minimum Gasteiger partial charge on any atom is -0.379 e. The van der Waals surface area contributed by atoms with Crippen LogP contribution < -0.4 is 4.90 Å². The average molecular weight is 442 g/mol. The smallest absolute Gasteiger partial charge is 0.270 e. The quantitative estimate of drug-likeness (QED) is 0.578. The number of para-hydroxylation sites is 1. The highest BCUT2D eigenvalue weighted by Crippen LogP contribution is 2.34. The SMILES string of the molecule is O=C(c1ccc(Cl)s1)N(CCN1CCOCC1)c1nc2c(Cl)cccc2s1. The summed E-state index contributed by atoms with van der Waals surface area (Å²) < 4.78 is 6.96. The van der Waals surface area contributed by atoms with Crippen LogP contribution in [0.5, 0.6) is 0 Å². The number of carbonyl (C=O) groups is 1. The maximum Gasteiger partial charge on any atom is 0.270 e. The number of hydrogen-bond acceptors (Lipinski definition) is 6. The number of thiophene rings is 1. The number of fused-ring (bicyclic) bond motifs is 1. The number of carbonyl (C=O) groups excluding carboxylic acids is 1. The van der Waals surface area contributed by atoms with Gasteiger partial charge in [-0.05, 0) is 24.3 Å². The van der Waals surface area contributed by atoms with E-state index >= 15 is 0 Å². The van der Waals surface area contributed by atoms with Crippen molar-refractivity contribution in [2.75, 3.05) is 44.3 Å².